The second-order valence-corrected chi connectivity index (χ2v) is 8.22. The summed E-state index contributed by atoms with van der Waals surface area (Å²) in [4.78, 5) is 15.5. The summed E-state index contributed by atoms with van der Waals surface area (Å²) in [6.45, 7) is 10.2. The van der Waals surface area contributed by atoms with Crippen LogP contribution in [0.2, 0.25) is 5.02 Å². The lowest BCUT2D eigenvalue weighted by atomic mass is 10.0. The molecule has 3 heterocycles. The van der Waals surface area contributed by atoms with Crippen LogP contribution in [0.3, 0.4) is 0 Å². The van der Waals surface area contributed by atoms with E-state index < -0.39 is 0 Å². The standard InChI is InChI=1S/C22H25ClN6O.C2H6/c1-12-10-29(11-13(2)27-12)15-5-16-18(23)6-20(28-22(16)26-9-15)17-4-14(8-25-3)19(24)7-21(17)30;1-2/h4-9,12-13,27,30H,10-11,24H2,1-3H3;1-2H3. The maximum Gasteiger partial charge on any atom is 0.161 e. The Labute approximate surface area is 194 Å². The van der Waals surface area contributed by atoms with E-state index in [0.717, 1.165) is 24.2 Å². The summed E-state index contributed by atoms with van der Waals surface area (Å²) < 4.78 is 0. The summed E-state index contributed by atoms with van der Waals surface area (Å²) in [5.74, 6) is 0.0316. The van der Waals surface area contributed by atoms with Crippen molar-refractivity contribution in [2.75, 3.05) is 30.8 Å². The lowest BCUT2D eigenvalue weighted by Crippen LogP contribution is -2.54. The number of nitrogen functional groups attached to an aromatic ring is 1. The number of anilines is 2. The van der Waals surface area contributed by atoms with Crippen LogP contribution in [-0.2, 0) is 0 Å². The number of halogens is 1. The Balaban J connectivity index is 0.00000141. The van der Waals surface area contributed by atoms with Crippen molar-refractivity contribution in [1.29, 1.82) is 0 Å². The lowest BCUT2D eigenvalue weighted by molar-refractivity contribution is 0.407. The number of phenols is 1. The van der Waals surface area contributed by atoms with Crippen molar-refractivity contribution in [2.45, 2.75) is 39.8 Å². The lowest BCUT2D eigenvalue weighted by Gasteiger charge is -2.37. The summed E-state index contributed by atoms with van der Waals surface area (Å²) in [7, 11) is 1.67. The molecule has 1 aliphatic heterocycles. The Kier molecular flexibility index (Phi) is 7.53. The van der Waals surface area contributed by atoms with E-state index in [2.05, 4.69) is 39.0 Å². The number of nitrogens with zero attached hydrogens (tertiary/aromatic N) is 4. The molecule has 2 unspecified atom stereocenters. The number of aliphatic imine (C=N–C) groups is 1. The highest BCUT2D eigenvalue weighted by atomic mass is 35.5. The number of nitrogens with two attached hydrogens (primary N) is 1. The molecule has 4 N–H and O–H groups in total. The maximum atomic E-state index is 10.4. The van der Waals surface area contributed by atoms with Gasteiger partial charge in [-0.3, -0.25) is 4.99 Å². The predicted octanol–water partition coefficient (Wildman–Crippen LogP) is 4.50. The topological polar surface area (TPSA) is 99.7 Å². The molecule has 0 aliphatic carbocycles. The van der Waals surface area contributed by atoms with Crippen molar-refractivity contribution in [3.63, 3.8) is 0 Å². The summed E-state index contributed by atoms with van der Waals surface area (Å²) in [6, 6.07) is 7.82. The molecule has 0 radical (unpaired) electrons. The number of aromatic nitrogens is 2. The molecule has 7 nitrogen and oxygen atoms in total. The number of nitrogens with one attached hydrogen (secondary N) is 1. The normalized spacial score (nSPS) is 18.6. The van der Waals surface area contributed by atoms with E-state index in [4.69, 9.17) is 17.3 Å². The maximum absolute atomic E-state index is 10.4. The van der Waals surface area contributed by atoms with Gasteiger partial charge in [0.15, 0.2) is 5.65 Å². The minimum Gasteiger partial charge on any atom is -0.507 e. The van der Waals surface area contributed by atoms with Gasteiger partial charge in [0.1, 0.15) is 5.75 Å². The minimum atomic E-state index is 0.0316. The number of benzene rings is 1. The van der Waals surface area contributed by atoms with Gasteiger partial charge in [-0.25, -0.2) is 9.97 Å². The number of hydrogen-bond acceptors (Lipinski definition) is 7. The number of aromatic hydroxyl groups is 1. The molecule has 8 heteroatoms. The highest BCUT2D eigenvalue weighted by molar-refractivity contribution is 6.35. The van der Waals surface area contributed by atoms with Gasteiger partial charge in [0, 0.05) is 66.7 Å². The van der Waals surface area contributed by atoms with Gasteiger partial charge < -0.3 is 21.1 Å². The number of phenolic OH excluding ortho intramolecular Hbond substituents is 1. The monoisotopic (exact) mass is 454 g/mol. The third-order valence-corrected chi connectivity index (χ3v) is 5.58. The average molecular weight is 455 g/mol. The van der Waals surface area contributed by atoms with Crippen LogP contribution in [-0.4, -0.2) is 53.5 Å². The summed E-state index contributed by atoms with van der Waals surface area (Å²) >= 11 is 6.62. The van der Waals surface area contributed by atoms with Crippen LogP contribution in [0.1, 0.15) is 33.3 Å². The van der Waals surface area contributed by atoms with Gasteiger partial charge in [-0.15, -0.1) is 0 Å². The molecule has 170 valence electrons. The third kappa shape index (κ3) is 4.95. The van der Waals surface area contributed by atoms with Crippen LogP contribution in [0.5, 0.6) is 5.75 Å². The van der Waals surface area contributed by atoms with Crippen LogP contribution in [0.15, 0.2) is 35.5 Å². The quantitative estimate of drug-likeness (QED) is 0.398. The highest BCUT2D eigenvalue weighted by Gasteiger charge is 2.22. The van der Waals surface area contributed by atoms with Crippen LogP contribution < -0.4 is 16.0 Å². The van der Waals surface area contributed by atoms with E-state index in [1.54, 1.807) is 25.4 Å². The summed E-state index contributed by atoms with van der Waals surface area (Å²) in [6.07, 6.45) is 3.47. The smallest absolute Gasteiger partial charge is 0.161 e. The largest absolute Gasteiger partial charge is 0.507 e. The number of piperazine rings is 1. The van der Waals surface area contributed by atoms with E-state index in [1.165, 1.54) is 6.07 Å². The number of rotatable bonds is 3. The SMILES string of the molecule is CC.CN=Cc1cc(-c2cc(Cl)c3cc(N4CC(C)NC(C)C4)cnc3n2)c(O)cc1N. The van der Waals surface area contributed by atoms with Gasteiger partial charge in [0.25, 0.3) is 0 Å². The fourth-order valence-electron chi connectivity index (χ4n) is 3.98. The molecule has 1 aromatic carbocycles. The summed E-state index contributed by atoms with van der Waals surface area (Å²) in [5.41, 5.74) is 9.71. The fraction of sp³-hybridized carbons (Fsp3) is 0.375. The van der Waals surface area contributed by atoms with E-state index in [0.29, 0.717) is 45.3 Å². The third-order valence-electron chi connectivity index (χ3n) is 5.27. The van der Waals surface area contributed by atoms with Gasteiger partial charge in [0.05, 0.1) is 22.6 Å². The zero-order valence-corrected chi connectivity index (χ0v) is 20.0. The van der Waals surface area contributed by atoms with Crippen molar-refractivity contribution in [3.8, 4) is 17.0 Å². The molecule has 0 amide bonds. The first-order valence-corrected chi connectivity index (χ1v) is 11.3. The van der Waals surface area contributed by atoms with E-state index in [9.17, 15) is 5.11 Å². The Morgan fingerprint density at radius 3 is 2.53 bits per heavy atom. The molecule has 2 aromatic heterocycles. The van der Waals surface area contributed by atoms with Crippen molar-refractivity contribution in [3.05, 3.63) is 41.0 Å². The number of pyridine rings is 2. The minimum absolute atomic E-state index is 0.0316. The Bertz CT molecular complexity index is 1120. The first kappa shape index (κ1) is 23.8. The fourth-order valence-corrected chi connectivity index (χ4v) is 4.22. The Morgan fingerprint density at radius 2 is 1.88 bits per heavy atom. The molecule has 1 saturated heterocycles. The first-order chi connectivity index (χ1) is 15.4. The van der Waals surface area contributed by atoms with Gasteiger partial charge in [0.2, 0.25) is 0 Å². The molecule has 2 atom stereocenters. The van der Waals surface area contributed by atoms with Gasteiger partial charge in [-0.2, -0.15) is 0 Å². The molecular weight excluding hydrogens is 424 g/mol. The molecular formula is C24H31ClN6O. The first-order valence-electron chi connectivity index (χ1n) is 10.9. The summed E-state index contributed by atoms with van der Waals surface area (Å²) in [5, 5.41) is 15.3. The van der Waals surface area contributed by atoms with Gasteiger partial charge in [-0.05, 0) is 32.0 Å². The van der Waals surface area contributed by atoms with Gasteiger partial charge in [-0.1, -0.05) is 25.4 Å². The Hall–Kier alpha value is -2.90. The molecule has 1 fully saturated rings. The Morgan fingerprint density at radius 1 is 1.19 bits per heavy atom. The zero-order valence-electron chi connectivity index (χ0n) is 19.2. The number of fused-ring (bicyclic) bond motifs is 1. The van der Waals surface area contributed by atoms with Crippen molar-refractivity contribution < 1.29 is 5.11 Å². The molecule has 4 rings (SSSR count). The van der Waals surface area contributed by atoms with Crippen LogP contribution in [0.4, 0.5) is 11.4 Å². The van der Waals surface area contributed by atoms with Crippen molar-refractivity contribution >= 4 is 40.2 Å². The van der Waals surface area contributed by atoms with Crippen LogP contribution in [0.25, 0.3) is 22.3 Å². The molecule has 0 spiro atoms. The molecule has 0 bridgehead atoms. The van der Waals surface area contributed by atoms with E-state index in [-0.39, 0.29) is 5.75 Å². The highest BCUT2D eigenvalue weighted by Crippen LogP contribution is 2.35. The second kappa shape index (κ2) is 10.1. The molecule has 32 heavy (non-hydrogen) atoms. The van der Waals surface area contributed by atoms with Gasteiger partial charge >= 0.3 is 0 Å². The molecule has 3 aromatic rings. The number of hydrogen-bond donors (Lipinski definition) is 3. The van der Waals surface area contributed by atoms with E-state index in [1.807, 2.05) is 26.1 Å². The molecule has 1 aliphatic rings. The predicted molar refractivity (Wildman–Crippen MR) is 135 cm³/mol. The van der Waals surface area contributed by atoms with Crippen molar-refractivity contribution in [2.24, 2.45) is 4.99 Å². The molecule has 0 saturated carbocycles. The van der Waals surface area contributed by atoms with Crippen LogP contribution in [0, 0.1) is 0 Å². The average Bonchev–Trinajstić information content (AvgIpc) is 2.76. The second-order valence-electron chi connectivity index (χ2n) is 7.81. The van der Waals surface area contributed by atoms with Crippen molar-refractivity contribution in [1.82, 2.24) is 15.3 Å². The van der Waals surface area contributed by atoms with E-state index >= 15 is 0 Å². The zero-order chi connectivity index (χ0) is 23.4. The van der Waals surface area contributed by atoms with Crippen LogP contribution >= 0.6 is 11.6 Å².